The van der Waals surface area contributed by atoms with Gasteiger partial charge in [0.15, 0.2) is 0 Å². The van der Waals surface area contributed by atoms with Crippen LogP contribution in [-0.2, 0) is 5.41 Å². The van der Waals surface area contributed by atoms with Gasteiger partial charge in [-0.2, -0.15) is 0 Å². The molecule has 0 radical (unpaired) electrons. The zero-order valence-electron chi connectivity index (χ0n) is 21.7. The summed E-state index contributed by atoms with van der Waals surface area (Å²) >= 11 is 0. The van der Waals surface area contributed by atoms with E-state index in [1.54, 1.807) is 0 Å². The van der Waals surface area contributed by atoms with Crippen molar-refractivity contribution in [3.63, 3.8) is 0 Å². The first-order chi connectivity index (χ1) is 18.6. The van der Waals surface area contributed by atoms with E-state index in [2.05, 4.69) is 153 Å². The van der Waals surface area contributed by atoms with Crippen LogP contribution in [0.25, 0.3) is 44.2 Å². The lowest BCUT2D eigenvalue weighted by Gasteiger charge is -2.21. The lowest BCUT2D eigenvalue weighted by atomic mass is 9.82. The fourth-order valence-corrected chi connectivity index (χ4v) is 6.08. The lowest BCUT2D eigenvalue weighted by molar-refractivity contribution is 0.660. The van der Waals surface area contributed by atoms with Crippen LogP contribution >= 0.6 is 0 Å². The number of rotatable bonds is 4. The zero-order valence-corrected chi connectivity index (χ0v) is 21.7. The van der Waals surface area contributed by atoms with Gasteiger partial charge in [-0.1, -0.05) is 129 Å². The van der Waals surface area contributed by atoms with Gasteiger partial charge in [0.05, 0.1) is 0 Å². The molecule has 38 heavy (non-hydrogen) atoms. The molecule has 1 aliphatic carbocycles. The highest BCUT2D eigenvalue weighted by Gasteiger charge is 2.36. The Hall–Kier alpha value is -4.62. The first kappa shape index (κ1) is 22.6. The molecule has 182 valence electrons. The molecular formula is C37H29N. The van der Waals surface area contributed by atoms with Gasteiger partial charge in [0, 0.05) is 22.4 Å². The highest BCUT2D eigenvalue weighted by molar-refractivity contribution is 5.97. The highest BCUT2D eigenvalue weighted by Crippen LogP contribution is 2.51. The number of hydrogen-bond acceptors (Lipinski definition) is 1. The van der Waals surface area contributed by atoms with E-state index in [0.29, 0.717) is 0 Å². The molecule has 0 aromatic heterocycles. The minimum Gasteiger partial charge on any atom is -0.355 e. The van der Waals surface area contributed by atoms with Gasteiger partial charge >= 0.3 is 0 Å². The molecule has 7 rings (SSSR count). The quantitative estimate of drug-likeness (QED) is 0.261. The summed E-state index contributed by atoms with van der Waals surface area (Å²) in [5, 5.41) is 6.27. The number of anilines is 2. The standard InChI is InChI=1S/C37H29N/c1-37(2)33-14-6-5-12-32(33)36-34(37)15-8-16-35(36)38-29-23-21-26(22-24-29)25-17-19-28(20-18-25)31-13-7-10-27-9-3-4-11-30(27)31/h3-24,38H,1-2H3. The molecule has 0 atom stereocenters. The van der Waals surface area contributed by atoms with E-state index >= 15 is 0 Å². The molecule has 0 saturated heterocycles. The molecule has 0 amide bonds. The van der Waals surface area contributed by atoms with Crippen molar-refractivity contribution in [2.75, 3.05) is 5.32 Å². The summed E-state index contributed by atoms with van der Waals surface area (Å²) in [5.74, 6) is 0. The summed E-state index contributed by atoms with van der Waals surface area (Å²) in [4.78, 5) is 0. The Kier molecular flexibility index (Phi) is 5.19. The van der Waals surface area contributed by atoms with E-state index in [-0.39, 0.29) is 5.41 Å². The average molecular weight is 488 g/mol. The molecule has 0 spiro atoms. The third-order valence-corrected chi connectivity index (χ3v) is 8.09. The van der Waals surface area contributed by atoms with Crippen LogP contribution in [0.1, 0.15) is 25.0 Å². The monoisotopic (exact) mass is 487 g/mol. The van der Waals surface area contributed by atoms with Crippen molar-refractivity contribution in [1.29, 1.82) is 0 Å². The largest absolute Gasteiger partial charge is 0.355 e. The van der Waals surface area contributed by atoms with Crippen molar-refractivity contribution in [2.45, 2.75) is 19.3 Å². The van der Waals surface area contributed by atoms with Crippen molar-refractivity contribution < 1.29 is 0 Å². The molecule has 0 unspecified atom stereocenters. The predicted molar refractivity (Wildman–Crippen MR) is 162 cm³/mol. The van der Waals surface area contributed by atoms with Crippen LogP contribution in [0, 0.1) is 0 Å². The summed E-state index contributed by atoms with van der Waals surface area (Å²) in [6.07, 6.45) is 0. The summed E-state index contributed by atoms with van der Waals surface area (Å²) in [7, 11) is 0. The Morgan fingerprint density at radius 3 is 1.87 bits per heavy atom. The summed E-state index contributed by atoms with van der Waals surface area (Å²) in [5.41, 5.74) is 12.6. The molecule has 1 heteroatoms. The Balaban J connectivity index is 1.16. The first-order valence-corrected chi connectivity index (χ1v) is 13.3. The van der Waals surface area contributed by atoms with Crippen LogP contribution in [0.3, 0.4) is 0 Å². The van der Waals surface area contributed by atoms with Crippen LogP contribution in [0.5, 0.6) is 0 Å². The number of fused-ring (bicyclic) bond motifs is 4. The minimum absolute atomic E-state index is 0.00563. The molecule has 0 saturated carbocycles. The highest BCUT2D eigenvalue weighted by atomic mass is 14.9. The molecule has 0 heterocycles. The maximum absolute atomic E-state index is 3.71. The van der Waals surface area contributed by atoms with Crippen molar-refractivity contribution >= 4 is 22.1 Å². The smallest absolute Gasteiger partial charge is 0.0467 e. The van der Waals surface area contributed by atoms with Crippen LogP contribution in [0.4, 0.5) is 11.4 Å². The van der Waals surface area contributed by atoms with E-state index in [9.17, 15) is 0 Å². The predicted octanol–water partition coefficient (Wildman–Crippen LogP) is 10.2. The zero-order chi connectivity index (χ0) is 25.7. The summed E-state index contributed by atoms with van der Waals surface area (Å²) in [6.45, 7) is 4.64. The summed E-state index contributed by atoms with van der Waals surface area (Å²) in [6, 6.07) is 48.2. The third-order valence-electron chi connectivity index (χ3n) is 8.09. The van der Waals surface area contributed by atoms with Gasteiger partial charge in [0.25, 0.3) is 0 Å². The van der Waals surface area contributed by atoms with Gasteiger partial charge in [-0.25, -0.2) is 0 Å². The molecule has 0 fully saturated rings. The average Bonchev–Trinajstić information content (AvgIpc) is 3.21. The molecule has 1 aliphatic rings. The Morgan fingerprint density at radius 1 is 0.474 bits per heavy atom. The van der Waals surface area contributed by atoms with Gasteiger partial charge in [-0.15, -0.1) is 0 Å². The molecule has 0 bridgehead atoms. The van der Waals surface area contributed by atoms with Crippen LogP contribution in [0.2, 0.25) is 0 Å². The van der Waals surface area contributed by atoms with E-state index in [1.807, 2.05) is 0 Å². The number of nitrogens with one attached hydrogen (secondary N) is 1. The summed E-state index contributed by atoms with van der Waals surface area (Å²) < 4.78 is 0. The van der Waals surface area contributed by atoms with Crippen LogP contribution < -0.4 is 5.32 Å². The number of hydrogen-bond donors (Lipinski definition) is 1. The van der Waals surface area contributed by atoms with E-state index in [4.69, 9.17) is 0 Å². The Labute approximate surface area is 224 Å². The molecule has 0 aliphatic heterocycles. The van der Waals surface area contributed by atoms with E-state index in [0.717, 1.165) is 11.4 Å². The van der Waals surface area contributed by atoms with E-state index < -0.39 is 0 Å². The van der Waals surface area contributed by atoms with Crippen molar-refractivity contribution in [1.82, 2.24) is 0 Å². The number of benzene rings is 6. The lowest BCUT2D eigenvalue weighted by Crippen LogP contribution is -2.14. The first-order valence-electron chi connectivity index (χ1n) is 13.3. The van der Waals surface area contributed by atoms with Crippen molar-refractivity contribution in [3.8, 4) is 33.4 Å². The molecule has 6 aromatic rings. The second-order valence-electron chi connectivity index (χ2n) is 10.7. The second kappa shape index (κ2) is 8.75. The second-order valence-corrected chi connectivity index (χ2v) is 10.7. The van der Waals surface area contributed by atoms with Gasteiger partial charge in [0.2, 0.25) is 0 Å². The van der Waals surface area contributed by atoms with Gasteiger partial charge < -0.3 is 5.32 Å². The van der Waals surface area contributed by atoms with Gasteiger partial charge in [-0.05, 0) is 67.9 Å². The molecule has 6 aromatic carbocycles. The van der Waals surface area contributed by atoms with Crippen molar-refractivity contribution in [3.05, 3.63) is 145 Å². The fraction of sp³-hybridized carbons (Fsp3) is 0.0811. The van der Waals surface area contributed by atoms with Crippen LogP contribution in [0.15, 0.2) is 133 Å². The van der Waals surface area contributed by atoms with Gasteiger partial charge in [0.1, 0.15) is 0 Å². The Bertz CT molecular complexity index is 1790. The van der Waals surface area contributed by atoms with Crippen molar-refractivity contribution in [2.24, 2.45) is 0 Å². The maximum Gasteiger partial charge on any atom is 0.0467 e. The fourth-order valence-electron chi connectivity index (χ4n) is 6.08. The van der Waals surface area contributed by atoms with Crippen LogP contribution in [-0.4, -0.2) is 0 Å². The topological polar surface area (TPSA) is 12.0 Å². The molecule has 1 nitrogen and oxygen atoms in total. The minimum atomic E-state index is 0.00563. The van der Waals surface area contributed by atoms with E-state index in [1.165, 1.54) is 55.3 Å². The molecule has 1 N–H and O–H groups in total. The maximum atomic E-state index is 3.71. The SMILES string of the molecule is CC1(C)c2ccccc2-c2c(Nc3ccc(-c4ccc(-c5cccc6ccccc56)cc4)cc3)cccc21. The normalized spacial score (nSPS) is 13.2. The third kappa shape index (κ3) is 3.63. The molecular weight excluding hydrogens is 458 g/mol. The van der Waals surface area contributed by atoms with Gasteiger partial charge in [-0.3, -0.25) is 0 Å². The Morgan fingerprint density at radius 2 is 1.05 bits per heavy atom.